The highest BCUT2D eigenvalue weighted by Gasteiger charge is 2.08. The third-order valence-electron chi connectivity index (χ3n) is 2.98. The van der Waals surface area contributed by atoms with Crippen molar-refractivity contribution >= 4 is 0 Å². The Labute approximate surface area is 111 Å². The molecule has 0 fully saturated rings. The second-order valence-corrected chi connectivity index (χ2v) is 4.85. The summed E-state index contributed by atoms with van der Waals surface area (Å²) >= 11 is 0. The molecule has 0 aliphatic carbocycles. The van der Waals surface area contributed by atoms with Gasteiger partial charge in [-0.25, -0.2) is 0 Å². The molecule has 0 radical (unpaired) electrons. The Hall–Kier alpha value is -0.640. The lowest BCUT2D eigenvalue weighted by Gasteiger charge is -2.11. The van der Waals surface area contributed by atoms with Crippen LogP contribution in [-0.2, 0) is 0 Å². The Balaban J connectivity index is 3.70. The summed E-state index contributed by atoms with van der Waals surface area (Å²) in [6.07, 6.45) is 12.0. The molecular formula is C15H29NO2. The first-order valence-electron chi connectivity index (χ1n) is 6.98. The molecule has 0 rings (SSSR count). The molecule has 3 nitrogen and oxygen atoms in total. The highest BCUT2D eigenvalue weighted by molar-refractivity contribution is 5.00. The van der Waals surface area contributed by atoms with Gasteiger partial charge in [-0.1, -0.05) is 43.6 Å². The van der Waals surface area contributed by atoms with Gasteiger partial charge in [0.05, 0.1) is 18.8 Å². The maximum Gasteiger partial charge on any atom is 0.0894 e. The molecule has 2 atom stereocenters. The van der Waals surface area contributed by atoms with E-state index in [0.717, 1.165) is 12.8 Å². The fourth-order valence-electron chi connectivity index (χ4n) is 1.67. The standard InChI is InChI=1S/C15H29NO2/c1-3-4-6-9-13(2)10-7-5-8-11-15(18)14(16)12-17/h8,10-11,14-15,17-18H,3-7,9,12,16H2,1-2H3/t14-,15+/m0/s1. The molecule has 0 amide bonds. The van der Waals surface area contributed by atoms with E-state index in [1.807, 2.05) is 6.08 Å². The largest absolute Gasteiger partial charge is 0.395 e. The van der Waals surface area contributed by atoms with Crippen molar-refractivity contribution < 1.29 is 10.2 Å². The zero-order valence-corrected chi connectivity index (χ0v) is 11.8. The average Bonchev–Trinajstić information content (AvgIpc) is 2.37. The first-order chi connectivity index (χ1) is 8.61. The molecule has 106 valence electrons. The summed E-state index contributed by atoms with van der Waals surface area (Å²) in [6, 6.07) is -0.576. The first-order valence-corrected chi connectivity index (χ1v) is 6.98. The van der Waals surface area contributed by atoms with Crippen molar-refractivity contribution in [3.05, 3.63) is 23.8 Å². The predicted molar refractivity (Wildman–Crippen MR) is 77.3 cm³/mol. The summed E-state index contributed by atoms with van der Waals surface area (Å²) in [4.78, 5) is 0. The van der Waals surface area contributed by atoms with Gasteiger partial charge in [0.15, 0.2) is 0 Å². The maximum absolute atomic E-state index is 9.48. The van der Waals surface area contributed by atoms with Crippen LogP contribution in [0.1, 0.15) is 52.4 Å². The highest BCUT2D eigenvalue weighted by Crippen LogP contribution is 2.09. The van der Waals surface area contributed by atoms with Gasteiger partial charge in [0.1, 0.15) is 0 Å². The van der Waals surface area contributed by atoms with E-state index in [4.69, 9.17) is 10.8 Å². The third-order valence-corrected chi connectivity index (χ3v) is 2.98. The molecule has 0 aromatic heterocycles. The smallest absolute Gasteiger partial charge is 0.0894 e. The third kappa shape index (κ3) is 9.40. The van der Waals surface area contributed by atoms with Gasteiger partial charge in [-0.05, 0) is 32.6 Å². The number of aliphatic hydroxyl groups is 2. The van der Waals surface area contributed by atoms with Gasteiger partial charge in [0, 0.05) is 0 Å². The molecule has 0 saturated heterocycles. The van der Waals surface area contributed by atoms with Gasteiger partial charge in [-0.15, -0.1) is 0 Å². The number of rotatable bonds is 10. The van der Waals surface area contributed by atoms with Crippen LogP contribution in [0.5, 0.6) is 0 Å². The van der Waals surface area contributed by atoms with Crippen LogP contribution >= 0.6 is 0 Å². The monoisotopic (exact) mass is 255 g/mol. The van der Waals surface area contributed by atoms with Crippen molar-refractivity contribution in [1.29, 1.82) is 0 Å². The van der Waals surface area contributed by atoms with E-state index < -0.39 is 12.1 Å². The minimum Gasteiger partial charge on any atom is -0.395 e. The molecule has 18 heavy (non-hydrogen) atoms. The molecule has 0 aliphatic rings. The zero-order chi connectivity index (χ0) is 13.8. The van der Waals surface area contributed by atoms with E-state index in [0.29, 0.717) is 0 Å². The van der Waals surface area contributed by atoms with Crippen LogP contribution in [-0.4, -0.2) is 29.0 Å². The number of hydrogen-bond acceptors (Lipinski definition) is 3. The Morgan fingerprint density at radius 3 is 2.61 bits per heavy atom. The SMILES string of the molecule is CCCCCC(C)=CCCC=C[C@@H](O)[C@@H](N)CO. The van der Waals surface area contributed by atoms with Crippen LogP contribution in [0.15, 0.2) is 23.8 Å². The molecular weight excluding hydrogens is 226 g/mol. The molecule has 0 unspecified atom stereocenters. The van der Waals surface area contributed by atoms with Crippen LogP contribution in [0, 0.1) is 0 Å². The van der Waals surface area contributed by atoms with Crippen molar-refractivity contribution in [3.63, 3.8) is 0 Å². The minimum atomic E-state index is -0.746. The Kier molecular flexibility index (Phi) is 11.0. The molecule has 0 aromatic carbocycles. The number of allylic oxidation sites excluding steroid dienone is 3. The molecule has 3 heteroatoms. The van der Waals surface area contributed by atoms with E-state index in [2.05, 4.69) is 19.9 Å². The van der Waals surface area contributed by atoms with Crippen molar-refractivity contribution in [2.24, 2.45) is 5.73 Å². The van der Waals surface area contributed by atoms with Crippen LogP contribution in [0.4, 0.5) is 0 Å². The van der Waals surface area contributed by atoms with Crippen LogP contribution in [0.3, 0.4) is 0 Å². The molecule has 0 aromatic rings. The van der Waals surface area contributed by atoms with Crippen LogP contribution in [0.2, 0.25) is 0 Å². The first kappa shape index (κ1) is 17.4. The van der Waals surface area contributed by atoms with Crippen molar-refractivity contribution in [2.45, 2.75) is 64.5 Å². The molecule has 0 spiro atoms. The Morgan fingerprint density at radius 1 is 1.28 bits per heavy atom. The van der Waals surface area contributed by atoms with Crippen LogP contribution < -0.4 is 5.73 Å². The van der Waals surface area contributed by atoms with Crippen molar-refractivity contribution in [2.75, 3.05) is 6.61 Å². The summed E-state index contributed by atoms with van der Waals surface area (Å²) < 4.78 is 0. The second-order valence-electron chi connectivity index (χ2n) is 4.85. The lowest BCUT2D eigenvalue weighted by atomic mass is 10.1. The number of nitrogens with two attached hydrogens (primary N) is 1. The van der Waals surface area contributed by atoms with Gasteiger partial charge in [0.25, 0.3) is 0 Å². The molecule has 4 N–H and O–H groups in total. The maximum atomic E-state index is 9.48. The molecule has 0 bridgehead atoms. The van der Waals surface area contributed by atoms with E-state index in [-0.39, 0.29) is 6.61 Å². The van der Waals surface area contributed by atoms with Crippen molar-refractivity contribution in [3.8, 4) is 0 Å². The molecule has 0 saturated carbocycles. The summed E-state index contributed by atoms with van der Waals surface area (Å²) in [5.74, 6) is 0. The van der Waals surface area contributed by atoms with E-state index in [1.165, 1.54) is 31.3 Å². The van der Waals surface area contributed by atoms with Gasteiger partial charge in [-0.2, -0.15) is 0 Å². The summed E-state index contributed by atoms with van der Waals surface area (Å²) in [6.45, 7) is 4.20. The topological polar surface area (TPSA) is 66.5 Å². The van der Waals surface area contributed by atoms with Gasteiger partial charge >= 0.3 is 0 Å². The zero-order valence-electron chi connectivity index (χ0n) is 11.8. The van der Waals surface area contributed by atoms with E-state index >= 15 is 0 Å². The summed E-state index contributed by atoms with van der Waals surface area (Å²) in [5.41, 5.74) is 6.93. The number of aliphatic hydroxyl groups excluding tert-OH is 2. The van der Waals surface area contributed by atoms with E-state index in [1.54, 1.807) is 6.08 Å². The fraction of sp³-hybridized carbons (Fsp3) is 0.733. The lowest BCUT2D eigenvalue weighted by molar-refractivity contribution is 0.144. The Bertz CT molecular complexity index is 249. The quantitative estimate of drug-likeness (QED) is 0.415. The molecule has 0 aliphatic heterocycles. The Morgan fingerprint density at radius 2 is 2.00 bits per heavy atom. The van der Waals surface area contributed by atoms with Gasteiger partial charge < -0.3 is 15.9 Å². The average molecular weight is 255 g/mol. The van der Waals surface area contributed by atoms with Gasteiger partial charge in [0.2, 0.25) is 0 Å². The molecule has 0 heterocycles. The predicted octanol–water partition coefficient (Wildman–Crippen LogP) is 2.53. The highest BCUT2D eigenvalue weighted by atomic mass is 16.3. The summed E-state index contributed by atoms with van der Waals surface area (Å²) in [5, 5.41) is 18.2. The fourth-order valence-corrected chi connectivity index (χ4v) is 1.67. The number of unbranched alkanes of at least 4 members (excludes halogenated alkanes) is 3. The lowest BCUT2D eigenvalue weighted by Crippen LogP contribution is -2.36. The normalized spacial score (nSPS) is 16.2. The number of hydrogen-bond donors (Lipinski definition) is 3. The van der Waals surface area contributed by atoms with Crippen molar-refractivity contribution in [1.82, 2.24) is 0 Å². The second kappa shape index (κ2) is 11.5. The van der Waals surface area contributed by atoms with Crippen LogP contribution in [0.25, 0.3) is 0 Å². The minimum absolute atomic E-state index is 0.193. The van der Waals surface area contributed by atoms with E-state index in [9.17, 15) is 5.11 Å². The van der Waals surface area contributed by atoms with Gasteiger partial charge in [-0.3, -0.25) is 0 Å². The summed E-state index contributed by atoms with van der Waals surface area (Å²) in [7, 11) is 0.